The molecule has 1 aromatic heterocycles. The van der Waals surface area contributed by atoms with Gasteiger partial charge in [-0.2, -0.15) is 11.3 Å². The highest BCUT2D eigenvalue weighted by molar-refractivity contribution is 7.07. The third kappa shape index (κ3) is 3.75. The maximum absolute atomic E-state index is 6.01. The van der Waals surface area contributed by atoms with E-state index in [0.29, 0.717) is 6.54 Å². The van der Waals surface area contributed by atoms with Gasteiger partial charge in [0, 0.05) is 18.7 Å². The Morgan fingerprint density at radius 2 is 2.05 bits per heavy atom. The summed E-state index contributed by atoms with van der Waals surface area (Å²) in [6.07, 6.45) is 0. The van der Waals surface area contributed by atoms with Crippen LogP contribution in [0, 0.1) is 0 Å². The van der Waals surface area contributed by atoms with Crippen molar-refractivity contribution < 1.29 is 9.47 Å². The average Bonchev–Trinajstić information content (AvgIpc) is 3.00. The topological polar surface area (TPSA) is 47.7 Å². The van der Waals surface area contributed by atoms with Crippen molar-refractivity contribution in [1.29, 1.82) is 0 Å². The van der Waals surface area contributed by atoms with Crippen molar-refractivity contribution in [1.82, 2.24) is 4.90 Å². The molecule has 0 amide bonds. The standard InChI is InChI=1S/C16H22N2O2S/c1-18(10-12-6-7-21-11-12)15(9-17)14-8-13(19-2)4-5-16(14)20-3/h4-8,11,15H,9-10,17H2,1-3H3. The molecule has 1 heterocycles. The fraction of sp³-hybridized carbons (Fsp3) is 0.375. The Balaban J connectivity index is 2.26. The number of hydrogen-bond acceptors (Lipinski definition) is 5. The molecule has 0 fully saturated rings. The van der Waals surface area contributed by atoms with Crippen LogP contribution < -0.4 is 15.2 Å². The first-order valence-electron chi connectivity index (χ1n) is 6.83. The van der Waals surface area contributed by atoms with Crippen LogP contribution in [0.4, 0.5) is 0 Å². The predicted molar refractivity (Wildman–Crippen MR) is 87.1 cm³/mol. The minimum absolute atomic E-state index is 0.0787. The summed E-state index contributed by atoms with van der Waals surface area (Å²) in [5.74, 6) is 1.65. The summed E-state index contributed by atoms with van der Waals surface area (Å²) in [5, 5.41) is 4.25. The molecule has 0 saturated heterocycles. The van der Waals surface area contributed by atoms with Crippen molar-refractivity contribution in [2.24, 2.45) is 5.73 Å². The minimum atomic E-state index is 0.0787. The zero-order valence-corrected chi connectivity index (χ0v) is 13.5. The molecule has 0 aliphatic heterocycles. The molecule has 2 aromatic rings. The maximum Gasteiger partial charge on any atom is 0.123 e. The molecule has 0 bridgehead atoms. The molecule has 21 heavy (non-hydrogen) atoms. The van der Waals surface area contributed by atoms with Crippen LogP contribution in [0.15, 0.2) is 35.0 Å². The monoisotopic (exact) mass is 306 g/mol. The van der Waals surface area contributed by atoms with Crippen LogP contribution in [0.2, 0.25) is 0 Å². The maximum atomic E-state index is 6.01. The van der Waals surface area contributed by atoms with E-state index in [-0.39, 0.29) is 6.04 Å². The van der Waals surface area contributed by atoms with Gasteiger partial charge in [0.1, 0.15) is 11.5 Å². The van der Waals surface area contributed by atoms with E-state index in [2.05, 4.69) is 28.8 Å². The first-order valence-corrected chi connectivity index (χ1v) is 7.77. The molecule has 0 spiro atoms. The molecule has 2 rings (SSSR count). The highest BCUT2D eigenvalue weighted by Crippen LogP contribution is 2.32. The van der Waals surface area contributed by atoms with E-state index in [1.807, 2.05) is 18.2 Å². The molecular weight excluding hydrogens is 284 g/mol. The summed E-state index contributed by atoms with van der Waals surface area (Å²) < 4.78 is 10.8. The summed E-state index contributed by atoms with van der Waals surface area (Å²) in [6.45, 7) is 1.37. The van der Waals surface area contributed by atoms with Crippen molar-refractivity contribution in [2.45, 2.75) is 12.6 Å². The normalized spacial score (nSPS) is 12.4. The molecule has 1 atom stereocenters. The quantitative estimate of drug-likeness (QED) is 0.854. The Bertz CT molecular complexity index is 557. The lowest BCUT2D eigenvalue weighted by Crippen LogP contribution is -2.30. The number of thiophene rings is 1. The minimum Gasteiger partial charge on any atom is -0.497 e. The molecule has 0 aliphatic carbocycles. The second-order valence-corrected chi connectivity index (χ2v) is 5.69. The third-order valence-corrected chi connectivity index (χ3v) is 4.30. The zero-order chi connectivity index (χ0) is 15.2. The molecule has 1 unspecified atom stereocenters. The van der Waals surface area contributed by atoms with Crippen LogP contribution in [0.3, 0.4) is 0 Å². The van der Waals surface area contributed by atoms with Gasteiger partial charge in [0.15, 0.2) is 0 Å². The van der Waals surface area contributed by atoms with Crippen LogP contribution in [0.25, 0.3) is 0 Å². The van der Waals surface area contributed by atoms with Gasteiger partial charge in [0.05, 0.1) is 20.3 Å². The van der Waals surface area contributed by atoms with E-state index in [4.69, 9.17) is 15.2 Å². The summed E-state index contributed by atoms with van der Waals surface area (Å²) in [5.41, 5.74) is 8.36. The molecule has 0 saturated carbocycles. The Morgan fingerprint density at radius 1 is 1.24 bits per heavy atom. The number of hydrogen-bond donors (Lipinski definition) is 1. The molecule has 114 valence electrons. The van der Waals surface area contributed by atoms with Crippen LogP contribution >= 0.6 is 11.3 Å². The number of nitrogens with zero attached hydrogens (tertiary/aromatic N) is 1. The third-order valence-electron chi connectivity index (χ3n) is 3.56. The van der Waals surface area contributed by atoms with Crippen molar-refractivity contribution in [2.75, 3.05) is 27.8 Å². The highest BCUT2D eigenvalue weighted by Gasteiger charge is 2.20. The Labute approximate surface area is 130 Å². The molecule has 1 aromatic carbocycles. The SMILES string of the molecule is COc1ccc(OC)c(C(CN)N(C)Cc2ccsc2)c1. The van der Waals surface area contributed by atoms with E-state index >= 15 is 0 Å². The van der Waals surface area contributed by atoms with Crippen LogP contribution in [0.1, 0.15) is 17.2 Å². The summed E-state index contributed by atoms with van der Waals surface area (Å²) in [4.78, 5) is 2.24. The molecular formula is C16H22N2O2S. The zero-order valence-electron chi connectivity index (χ0n) is 12.7. The van der Waals surface area contributed by atoms with Gasteiger partial charge >= 0.3 is 0 Å². The summed E-state index contributed by atoms with van der Waals surface area (Å²) in [7, 11) is 5.42. The summed E-state index contributed by atoms with van der Waals surface area (Å²) >= 11 is 1.71. The van der Waals surface area contributed by atoms with E-state index in [1.165, 1.54) is 5.56 Å². The molecule has 0 aliphatic rings. The number of benzene rings is 1. The summed E-state index contributed by atoms with van der Waals surface area (Å²) in [6, 6.07) is 8.04. The smallest absolute Gasteiger partial charge is 0.123 e. The number of likely N-dealkylation sites (N-methyl/N-ethyl adjacent to an activating group) is 1. The first-order chi connectivity index (χ1) is 10.2. The van der Waals surface area contributed by atoms with Crippen molar-refractivity contribution in [3.05, 3.63) is 46.2 Å². The van der Waals surface area contributed by atoms with Crippen LogP contribution in [0.5, 0.6) is 11.5 Å². The van der Waals surface area contributed by atoms with Crippen molar-refractivity contribution >= 4 is 11.3 Å². The van der Waals surface area contributed by atoms with Gasteiger partial charge in [0.2, 0.25) is 0 Å². The van der Waals surface area contributed by atoms with Gasteiger partial charge in [-0.05, 0) is 47.6 Å². The lowest BCUT2D eigenvalue weighted by Gasteiger charge is -2.28. The van der Waals surface area contributed by atoms with Gasteiger partial charge in [-0.15, -0.1) is 0 Å². The predicted octanol–water partition coefficient (Wildman–Crippen LogP) is 2.90. The Morgan fingerprint density at radius 3 is 2.62 bits per heavy atom. The van der Waals surface area contributed by atoms with E-state index in [0.717, 1.165) is 23.6 Å². The molecule has 4 nitrogen and oxygen atoms in total. The lowest BCUT2D eigenvalue weighted by atomic mass is 10.0. The second kappa shape index (κ2) is 7.45. The van der Waals surface area contributed by atoms with Gasteiger partial charge in [-0.1, -0.05) is 0 Å². The van der Waals surface area contributed by atoms with Gasteiger partial charge in [-0.25, -0.2) is 0 Å². The molecule has 5 heteroatoms. The van der Waals surface area contributed by atoms with E-state index in [9.17, 15) is 0 Å². The second-order valence-electron chi connectivity index (χ2n) is 4.91. The Kier molecular flexibility index (Phi) is 5.61. The first kappa shape index (κ1) is 15.8. The number of ether oxygens (including phenoxy) is 2. The average molecular weight is 306 g/mol. The van der Waals surface area contributed by atoms with Crippen LogP contribution in [-0.4, -0.2) is 32.7 Å². The van der Waals surface area contributed by atoms with Gasteiger partial charge in [0.25, 0.3) is 0 Å². The Hall–Kier alpha value is -1.56. The molecule has 0 radical (unpaired) electrons. The fourth-order valence-corrected chi connectivity index (χ4v) is 3.08. The van der Waals surface area contributed by atoms with Crippen LogP contribution in [-0.2, 0) is 6.54 Å². The van der Waals surface area contributed by atoms with E-state index in [1.54, 1.807) is 25.6 Å². The number of rotatable bonds is 7. The highest BCUT2D eigenvalue weighted by atomic mass is 32.1. The number of methoxy groups -OCH3 is 2. The van der Waals surface area contributed by atoms with Crippen molar-refractivity contribution in [3.63, 3.8) is 0 Å². The fourth-order valence-electron chi connectivity index (χ4n) is 2.42. The number of nitrogens with two attached hydrogens (primary N) is 1. The largest absolute Gasteiger partial charge is 0.497 e. The van der Waals surface area contributed by atoms with E-state index < -0.39 is 0 Å². The van der Waals surface area contributed by atoms with Gasteiger partial charge < -0.3 is 15.2 Å². The lowest BCUT2D eigenvalue weighted by molar-refractivity contribution is 0.235. The van der Waals surface area contributed by atoms with Crippen molar-refractivity contribution in [3.8, 4) is 11.5 Å². The van der Waals surface area contributed by atoms with Gasteiger partial charge in [-0.3, -0.25) is 4.90 Å². The molecule has 2 N–H and O–H groups in total.